The molecule has 0 saturated heterocycles. The van der Waals surface area contributed by atoms with E-state index < -0.39 is 11.6 Å². The summed E-state index contributed by atoms with van der Waals surface area (Å²) in [5.41, 5.74) is 0.777. The fourth-order valence-electron chi connectivity index (χ4n) is 2.20. The maximum absolute atomic E-state index is 13.1. The van der Waals surface area contributed by atoms with E-state index in [1.807, 2.05) is 0 Å². The Bertz CT molecular complexity index is 392. The Morgan fingerprint density at radius 3 is 2.45 bits per heavy atom. The van der Waals surface area contributed by atoms with Crippen molar-refractivity contribution in [3.05, 3.63) is 35.4 Å². The minimum atomic E-state index is -0.791. The summed E-state index contributed by atoms with van der Waals surface area (Å²) in [6, 6.07) is 4.43. The van der Waals surface area contributed by atoms with Crippen LogP contribution in [0, 0.1) is 11.6 Å². The summed E-state index contributed by atoms with van der Waals surface area (Å²) in [6.07, 6.45) is 2.23. The van der Waals surface area contributed by atoms with Crippen molar-refractivity contribution in [3.63, 3.8) is 0 Å². The zero-order valence-corrected chi connectivity index (χ0v) is 12.8. The summed E-state index contributed by atoms with van der Waals surface area (Å²) in [5, 5.41) is 3.35. The molecular weight excluding hydrogens is 258 g/mol. The molecule has 0 spiro atoms. The predicted molar refractivity (Wildman–Crippen MR) is 79.7 cm³/mol. The van der Waals surface area contributed by atoms with Gasteiger partial charge in [-0.2, -0.15) is 0 Å². The van der Waals surface area contributed by atoms with Crippen molar-refractivity contribution >= 4 is 0 Å². The van der Waals surface area contributed by atoms with E-state index in [4.69, 9.17) is 0 Å². The summed E-state index contributed by atoms with van der Waals surface area (Å²) < 4.78 is 25.9. The number of halogens is 2. The predicted octanol–water partition coefficient (Wildman–Crippen LogP) is 3.56. The van der Waals surface area contributed by atoms with Gasteiger partial charge in [0.1, 0.15) is 0 Å². The number of nitrogens with zero attached hydrogens (tertiary/aromatic N) is 1. The Balaban J connectivity index is 2.25. The van der Waals surface area contributed by atoms with Crippen LogP contribution in [0.1, 0.15) is 39.2 Å². The van der Waals surface area contributed by atoms with Gasteiger partial charge >= 0.3 is 0 Å². The molecule has 4 heteroatoms. The summed E-state index contributed by atoms with van der Waals surface area (Å²) >= 11 is 0. The van der Waals surface area contributed by atoms with Gasteiger partial charge in [-0.3, -0.25) is 0 Å². The average Bonchev–Trinajstić information content (AvgIpc) is 2.45. The second kappa shape index (κ2) is 9.03. The van der Waals surface area contributed by atoms with E-state index in [-0.39, 0.29) is 0 Å². The van der Waals surface area contributed by atoms with Crippen LogP contribution in [0.5, 0.6) is 0 Å². The number of hydrogen-bond acceptors (Lipinski definition) is 2. The van der Waals surface area contributed by atoms with Crippen molar-refractivity contribution in [2.24, 2.45) is 0 Å². The van der Waals surface area contributed by atoms with Gasteiger partial charge in [-0.05, 0) is 57.1 Å². The van der Waals surface area contributed by atoms with Crippen LogP contribution >= 0.6 is 0 Å². The van der Waals surface area contributed by atoms with Crippen LogP contribution in [0.2, 0.25) is 0 Å². The zero-order valence-electron chi connectivity index (χ0n) is 12.8. The first-order valence-corrected chi connectivity index (χ1v) is 7.46. The molecule has 0 aliphatic carbocycles. The van der Waals surface area contributed by atoms with E-state index in [0.29, 0.717) is 12.6 Å². The van der Waals surface area contributed by atoms with Crippen LogP contribution in [0.4, 0.5) is 8.78 Å². The highest BCUT2D eigenvalue weighted by Gasteiger charge is 2.06. The monoisotopic (exact) mass is 284 g/mol. The van der Waals surface area contributed by atoms with Gasteiger partial charge < -0.3 is 10.2 Å². The van der Waals surface area contributed by atoms with Gasteiger partial charge in [-0.15, -0.1) is 0 Å². The van der Waals surface area contributed by atoms with Crippen LogP contribution < -0.4 is 5.32 Å². The van der Waals surface area contributed by atoms with Gasteiger partial charge in [-0.25, -0.2) is 8.78 Å². The molecule has 20 heavy (non-hydrogen) atoms. The average molecular weight is 284 g/mol. The standard InChI is InChI=1S/C16H26F2N2/c1-4-20(5-2)10-6-7-13(3)19-12-14-8-9-15(17)16(18)11-14/h8-9,11,13,19H,4-7,10,12H2,1-3H3. The number of rotatable bonds is 9. The SMILES string of the molecule is CCN(CC)CCCC(C)NCc1ccc(F)c(F)c1. The third kappa shape index (κ3) is 5.97. The largest absolute Gasteiger partial charge is 0.310 e. The third-order valence-corrected chi connectivity index (χ3v) is 3.64. The third-order valence-electron chi connectivity index (χ3n) is 3.64. The number of nitrogens with one attached hydrogen (secondary N) is 1. The number of benzene rings is 1. The minimum absolute atomic E-state index is 0.374. The highest BCUT2D eigenvalue weighted by atomic mass is 19.2. The van der Waals surface area contributed by atoms with Gasteiger partial charge in [-0.1, -0.05) is 19.9 Å². The summed E-state index contributed by atoms with van der Waals surface area (Å²) in [7, 11) is 0. The van der Waals surface area contributed by atoms with Crippen molar-refractivity contribution in [1.82, 2.24) is 10.2 Å². The smallest absolute Gasteiger partial charge is 0.159 e. The van der Waals surface area contributed by atoms with Crippen LogP contribution in [0.3, 0.4) is 0 Å². The first-order chi connectivity index (χ1) is 9.56. The summed E-state index contributed by atoms with van der Waals surface area (Å²) in [5.74, 6) is -1.57. The quantitative estimate of drug-likeness (QED) is 0.746. The van der Waals surface area contributed by atoms with E-state index >= 15 is 0 Å². The van der Waals surface area contributed by atoms with Gasteiger partial charge in [0, 0.05) is 12.6 Å². The lowest BCUT2D eigenvalue weighted by atomic mass is 10.1. The van der Waals surface area contributed by atoms with Crippen molar-refractivity contribution in [1.29, 1.82) is 0 Å². The van der Waals surface area contributed by atoms with Crippen LogP contribution in [0.25, 0.3) is 0 Å². The molecule has 2 nitrogen and oxygen atoms in total. The molecule has 0 saturated carbocycles. The van der Waals surface area contributed by atoms with E-state index in [0.717, 1.165) is 38.0 Å². The van der Waals surface area contributed by atoms with E-state index in [9.17, 15) is 8.78 Å². The van der Waals surface area contributed by atoms with E-state index in [1.54, 1.807) is 6.07 Å². The Labute approximate surface area is 121 Å². The summed E-state index contributed by atoms with van der Waals surface area (Å²) in [4.78, 5) is 2.40. The second-order valence-corrected chi connectivity index (χ2v) is 5.20. The normalized spacial score (nSPS) is 12.9. The minimum Gasteiger partial charge on any atom is -0.310 e. The lowest BCUT2D eigenvalue weighted by molar-refractivity contribution is 0.290. The van der Waals surface area contributed by atoms with Gasteiger partial charge in [0.05, 0.1) is 0 Å². The van der Waals surface area contributed by atoms with E-state index in [1.165, 1.54) is 12.1 Å². The van der Waals surface area contributed by atoms with Gasteiger partial charge in [0.2, 0.25) is 0 Å². The molecule has 1 atom stereocenters. The molecule has 0 aliphatic heterocycles. The maximum Gasteiger partial charge on any atom is 0.159 e. The van der Waals surface area contributed by atoms with Crippen molar-refractivity contribution in [3.8, 4) is 0 Å². The molecule has 1 N–H and O–H groups in total. The van der Waals surface area contributed by atoms with Crippen molar-refractivity contribution in [2.75, 3.05) is 19.6 Å². The number of hydrogen-bond donors (Lipinski definition) is 1. The molecule has 1 unspecified atom stereocenters. The van der Waals surface area contributed by atoms with Crippen LogP contribution in [-0.4, -0.2) is 30.6 Å². The van der Waals surface area contributed by atoms with E-state index in [2.05, 4.69) is 31.0 Å². The second-order valence-electron chi connectivity index (χ2n) is 5.20. The lowest BCUT2D eigenvalue weighted by Crippen LogP contribution is -2.28. The maximum atomic E-state index is 13.1. The Morgan fingerprint density at radius 1 is 1.15 bits per heavy atom. The topological polar surface area (TPSA) is 15.3 Å². The molecule has 0 heterocycles. The van der Waals surface area contributed by atoms with Gasteiger partial charge in [0.25, 0.3) is 0 Å². The first kappa shape index (κ1) is 17.1. The van der Waals surface area contributed by atoms with Crippen molar-refractivity contribution in [2.45, 2.75) is 46.2 Å². The Morgan fingerprint density at radius 2 is 1.85 bits per heavy atom. The first-order valence-electron chi connectivity index (χ1n) is 7.46. The van der Waals surface area contributed by atoms with Crippen LogP contribution in [0.15, 0.2) is 18.2 Å². The molecule has 0 amide bonds. The fourth-order valence-corrected chi connectivity index (χ4v) is 2.20. The fraction of sp³-hybridized carbons (Fsp3) is 0.625. The molecule has 0 aliphatic rings. The molecular formula is C16H26F2N2. The Hall–Kier alpha value is -1.00. The van der Waals surface area contributed by atoms with Crippen molar-refractivity contribution < 1.29 is 8.78 Å². The zero-order chi connectivity index (χ0) is 15.0. The summed E-state index contributed by atoms with van der Waals surface area (Å²) in [6.45, 7) is 10.3. The highest BCUT2D eigenvalue weighted by molar-refractivity contribution is 5.17. The lowest BCUT2D eigenvalue weighted by Gasteiger charge is -2.19. The molecule has 1 aromatic carbocycles. The molecule has 0 fully saturated rings. The molecule has 1 aromatic rings. The molecule has 1 rings (SSSR count). The van der Waals surface area contributed by atoms with Crippen LogP contribution in [-0.2, 0) is 6.54 Å². The Kier molecular flexibility index (Phi) is 7.70. The highest BCUT2D eigenvalue weighted by Crippen LogP contribution is 2.09. The molecule has 0 aromatic heterocycles. The van der Waals surface area contributed by atoms with Gasteiger partial charge in [0.15, 0.2) is 11.6 Å². The molecule has 0 radical (unpaired) electrons. The molecule has 0 bridgehead atoms. The molecule has 114 valence electrons.